The molecule has 1 fully saturated rings. The van der Waals surface area contributed by atoms with E-state index in [1.165, 1.54) is 7.11 Å². The van der Waals surface area contributed by atoms with Gasteiger partial charge in [-0.1, -0.05) is 6.07 Å². The smallest absolute Gasteiger partial charge is 0.215 e. The second-order valence-electron chi connectivity index (χ2n) is 7.47. The lowest BCUT2D eigenvalue weighted by Crippen LogP contribution is -2.48. The molecule has 1 aliphatic heterocycles. The average molecular weight is 380 g/mol. The van der Waals surface area contributed by atoms with E-state index >= 15 is 0 Å². The quantitative estimate of drug-likeness (QED) is 0.411. The molecular formula is C20H24N6O2. The van der Waals surface area contributed by atoms with Gasteiger partial charge in [-0.3, -0.25) is 5.41 Å². The molecule has 3 aromatic rings. The monoisotopic (exact) mass is 380 g/mol. The number of nitrogen functional groups attached to an aromatic ring is 1. The Bertz CT molecular complexity index is 1040. The number of methoxy groups -OCH3 is 1. The fourth-order valence-corrected chi connectivity index (χ4v) is 3.46. The third-order valence-corrected chi connectivity index (χ3v) is 4.90. The third kappa shape index (κ3) is 3.27. The Hall–Kier alpha value is -3.13. The Morgan fingerprint density at radius 3 is 2.86 bits per heavy atom. The summed E-state index contributed by atoms with van der Waals surface area (Å²) in [4.78, 5) is 6.69. The molecule has 0 radical (unpaired) electrons. The number of rotatable bonds is 3. The SMILES string of the molecule is COC(=N)c1cc(-c2cnc3ccc(N4CCOC(C)(C)C4)nn23)ccc1N. The number of nitrogens with two attached hydrogens (primary N) is 1. The van der Waals surface area contributed by atoms with Gasteiger partial charge >= 0.3 is 0 Å². The fraction of sp³-hybridized carbons (Fsp3) is 0.350. The van der Waals surface area contributed by atoms with Gasteiger partial charge in [0.05, 0.1) is 36.8 Å². The Labute approximate surface area is 163 Å². The lowest BCUT2D eigenvalue weighted by atomic mass is 10.1. The molecule has 1 saturated heterocycles. The van der Waals surface area contributed by atoms with Crippen LogP contribution in [0.5, 0.6) is 0 Å². The molecule has 0 bridgehead atoms. The molecule has 0 saturated carbocycles. The van der Waals surface area contributed by atoms with Gasteiger partial charge in [0.1, 0.15) is 5.82 Å². The number of morpholine rings is 1. The van der Waals surface area contributed by atoms with Gasteiger partial charge in [-0.15, -0.1) is 5.10 Å². The second-order valence-corrected chi connectivity index (χ2v) is 7.47. The third-order valence-electron chi connectivity index (χ3n) is 4.90. The molecule has 146 valence electrons. The molecule has 8 heteroatoms. The fourth-order valence-electron chi connectivity index (χ4n) is 3.46. The Balaban J connectivity index is 1.76. The summed E-state index contributed by atoms with van der Waals surface area (Å²) in [5.41, 5.74) is 9.28. The van der Waals surface area contributed by atoms with E-state index in [4.69, 9.17) is 25.7 Å². The number of nitrogens with zero attached hydrogens (tertiary/aromatic N) is 4. The number of hydrogen-bond donors (Lipinski definition) is 2. The zero-order valence-corrected chi connectivity index (χ0v) is 16.3. The predicted molar refractivity (Wildman–Crippen MR) is 109 cm³/mol. The van der Waals surface area contributed by atoms with Gasteiger partial charge in [0.2, 0.25) is 5.90 Å². The molecule has 0 amide bonds. The first kappa shape index (κ1) is 18.2. The summed E-state index contributed by atoms with van der Waals surface area (Å²) >= 11 is 0. The highest BCUT2D eigenvalue weighted by molar-refractivity contribution is 5.98. The van der Waals surface area contributed by atoms with Crippen LogP contribution in [0.1, 0.15) is 19.4 Å². The van der Waals surface area contributed by atoms with E-state index in [9.17, 15) is 0 Å². The van der Waals surface area contributed by atoms with Crippen molar-refractivity contribution in [1.82, 2.24) is 14.6 Å². The van der Waals surface area contributed by atoms with Gasteiger partial charge in [-0.25, -0.2) is 9.50 Å². The lowest BCUT2D eigenvalue weighted by Gasteiger charge is -2.38. The van der Waals surface area contributed by atoms with E-state index in [2.05, 4.69) is 23.7 Å². The van der Waals surface area contributed by atoms with Gasteiger partial charge < -0.3 is 20.1 Å². The van der Waals surface area contributed by atoms with Crippen molar-refractivity contribution in [3.63, 3.8) is 0 Å². The van der Waals surface area contributed by atoms with Crippen LogP contribution in [0.2, 0.25) is 0 Å². The second kappa shape index (κ2) is 6.79. The van der Waals surface area contributed by atoms with Gasteiger partial charge in [-0.2, -0.15) is 0 Å². The molecule has 1 aliphatic rings. The number of fused-ring (bicyclic) bond motifs is 1. The maximum Gasteiger partial charge on any atom is 0.215 e. The lowest BCUT2D eigenvalue weighted by molar-refractivity contribution is -0.0279. The van der Waals surface area contributed by atoms with Crippen molar-refractivity contribution in [2.24, 2.45) is 0 Å². The zero-order chi connectivity index (χ0) is 19.9. The highest BCUT2D eigenvalue weighted by Gasteiger charge is 2.28. The molecule has 0 spiro atoms. The van der Waals surface area contributed by atoms with Crippen LogP contribution in [0.15, 0.2) is 36.5 Å². The number of nitrogens with one attached hydrogen (secondary N) is 1. The first-order chi connectivity index (χ1) is 13.4. The summed E-state index contributed by atoms with van der Waals surface area (Å²) in [5, 5.41) is 12.8. The predicted octanol–water partition coefficient (Wildman–Crippen LogP) is 2.57. The van der Waals surface area contributed by atoms with Gasteiger partial charge in [0.15, 0.2) is 5.65 Å². The molecule has 0 unspecified atom stereocenters. The van der Waals surface area contributed by atoms with Crippen LogP contribution in [0.4, 0.5) is 11.5 Å². The molecule has 8 nitrogen and oxygen atoms in total. The van der Waals surface area contributed by atoms with E-state index in [0.29, 0.717) is 17.9 Å². The molecule has 1 aromatic carbocycles. The standard InChI is InChI=1S/C20H24N6O2/c1-20(2)12-25(8-9-28-20)18-7-6-17-23-11-16(26(17)24-18)13-4-5-15(21)14(10-13)19(22)27-3/h4-7,10-11,22H,8-9,12,21H2,1-3H3. The van der Waals surface area contributed by atoms with E-state index in [1.807, 2.05) is 28.8 Å². The maximum atomic E-state index is 7.95. The molecule has 28 heavy (non-hydrogen) atoms. The van der Waals surface area contributed by atoms with E-state index in [-0.39, 0.29) is 11.5 Å². The van der Waals surface area contributed by atoms with Crippen LogP contribution in [0.3, 0.4) is 0 Å². The molecule has 2 aromatic heterocycles. The topological polar surface area (TPSA) is 102 Å². The summed E-state index contributed by atoms with van der Waals surface area (Å²) in [5.74, 6) is 0.904. The van der Waals surface area contributed by atoms with Crippen LogP contribution in [0.25, 0.3) is 16.9 Å². The maximum absolute atomic E-state index is 7.95. The zero-order valence-electron chi connectivity index (χ0n) is 16.3. The number of aromatic nitrogens is 3. The normalized spacial score (nSPS) is 16.3. The first-order valence-corrected chi connectivity index (χ1v) is 9.14. The molecule has 0 atom stereocenters. The van der Waals surface area contributed by atoms with Crippen molar-refractivity contribution in [3.8, 4) is 11.3 Å². The molecule has 4 rings (SSSR count). The van der Waals surface area contributed by atoms with Crippen LogP contribution in [-0.4, -0.2) is 52.9 Å². The summed E-state index contributed by atoms with van der Waals surface area (Å²) in [6.07, 6.45) is 1.78. The summed E-state index contributed by atoms with van der Waals surface area (Å²) in [6.45, 7) is 6.40. The number of hydrogen-bond acceptors (Lipinski definition) is 7. The summed E-state index contributed by atoms with van der Waals surface area (Å²) in [6, 6.07) is 9.45. The molecule has 0 aliphatic carbocycles. The van der Waals surface area contributed by atoms with Crippen LogP contribution >= 0.6 is 0 Å². The van der Waals surface area contributed by atoms with Gasteiger partial charge in [0.25, 0.3) is 0 Å². The Morgan fingerprint density at radius 1 is 1.29 bits per heavy atom. The van der Waals surface area contributed by atoms with Crippen molar-refractivity contribution in [3.05, 3.63) is 42.1 Å². The largest absolute Gasteiger partial charge is 0.481 e. The van der Waals surface area contributed by atoms with Gasteiger partial charge in [-0.05, 0) is 38.1 Å². The van der Waals surface area contributed by atoms with Crippen LogP contribution in [-0.2, 0) is 9.47 Å². The molecule has 3 heterocycles. The van der Waals surface area contributed by atoms with Crippen molar-refractivity contribution in [2.75, 3.05) is 37.4 Å². The Kier molecular flexibility index (Phi) is 4.43. The minimum Gasteiger partial charge on any atom is -0.481 e. The summed E-state index contributed by atoms with van der Waals surface area (Å²) < 4.78 is 12.7. The molecular weight excluding hydrogens is 356 g/mol. The molecule has 3 N–H and O–H groups in total. The van der Waals surface area contributed by atoms with Crippen LogP contribution in [0, 0.1) is 5.41 Å². The minimum atomic E-state index is -0.209. The van der Waals surface area contributed by atoms with E-state index in [1.54, 1.807) is 12.3 Å². The summed E-state index contributed by atoms with van der Waals surface area (Å²) in [7, 11) is 1.46. The van der Waals surface area contributed by atoms with Crippen molar-refractivity contribution < 1.29 is 9.47 Å². The van der Waals surface area contributed by atoms with E-state index in [0.717, 1.165) is 35.8 Å². The highest BCUT2D eigenvalue weighted by atomic mass is 16.5. The van der Waals surface area contributed by atoms with Crippen molar-refractivity contribution >= 4 is 23.1 Å². The van der Waals surface area contributed by atoms with Crippen LogP contribution < -0.4 is 10.6 Å². The van der Waals surface area contributed by atoms with Crippen molar-refractivity contribution in [2.45, 2.75) is 19.4 Å². The highest BCUT2D eigenvalue weighted by Crippen LogP contribution is 2.27. The number of anilines is 2. The van der Waals surface area contributed by atoms with Crippen molar-refractivity contribution in [1.29, 1.82) is 5.41 Å². The minimum absolute atomic E-state index is 0.0253. The average Bonchev–Trinajstić information content (AvgIpc) is 3.10. The van der Waals surface area contributed by atoms with Gasteiger partial charge in [0, 0.05) is 24.3 Å². The number of ether oxygens (including phenoxy) is 2. The first-order valence-electron chi connectivity index (χ1n) is 9.14. The Morgan fingerprint density at radius 2 is 2.11 bits per heavy atom. The van der Waals surface area contributed by atoms with E-state index < -0.39 is 0 Å². The number of benzene rings is 1. The number of imidazole rings is 1.